The van der Waals surface area contributed by atoms with Gasteiger partial charge in [-0.25, -0.2) is 9.88 Å². The molecular weight excluding hydrogens is 358 g/mol. The van der Waals surface area contributed by atoms with Crippen LogP contribution in [-0.2, 0) is 9.59 Å². The third kappa shape index (κ3) is 2.29. The molecule has 0 saturated carbocycles. The van der Waals surface area contributed by atoms with Gasteiger partial charge in [-0.2, -0.15) is 4.52 Å². The molecule has 0 saturated heterocycles. The summed E-state index contributed by atoms with van der Waals surface area (Å²) < 4.78 is 1.54. The fourth-order valence-electron chi connectivity index (χ4n) is 3.39. The maximum absolute atomic E-state index is 13.3. The number of hydrogen-bond acceptors (Lipinski definition) is 7. The molecule has 136 valence electrons. The highest BCUT2D eigenvalue weighted by Gasteiger charge is 2.35. The van der Waals surface area contributed by atoms with E-state index >= 15 is 0 Å². The fourth-order valence-corrected chi connectivity index (χ4v) is 3.39. The number of nitrogens with zero attached hydrogens (tertiary/aromatic N) is 7. The first-order chi connectivity index (χ1) is 13.6. The summed E-state index contributed by atoms with van der Waals surface area (Å²) in [5.41, 5.74) is 3.01. The van der Waals surface area contributed by atoms with E-state index in [1.807, 2.05) is 24.3 Å². The summed E-state index contributed by atoms with van der Waals surface area (Å²) in [5.74, 6) is -1.76. The molecule has 1 aliphatic rings. The molecule has 9 nitrogen and oxygen atoms in total. The van der Waals surface area contributed by atoms with E-state index < -0.39 is 17.7 Å². The highest BCUT2D eigenvalue weighted by Crippen LogP contribution is 2.34. The molecule has 9 heteroatoms. The number of fused-ring (bicyclic) bond motifs is 4. The summed E-state index contributed by atoms with van der Waals surface area (Å²) in [4.78, 5) is 35.9. The van der Waals surface area contributed by atoms with Gasteiger partial charge < -0.3 is 0 Å². The molecule has 0 radical (unpaired) electrons. The first kappa shape index (κ1) is 16.2. The van der Waals surface area contributed by atoms with Crippen molar-refractivity contribution in [1.29, 1.82) is 0 Å². The van der Waals surface area contributed by atoms with E-state index in [1.54, 1.807) is 24.3 Å². The summed E-state index contributed by atoms with van der Waals surface area (Å²) in [6.45, 7) is 1.35. The zero-order valence-electron chi connectivity index (χ0n) is 14.7. The van der Waals surface area contributed by atoms with Crippen LogP contribution in [0.25, 0.3) is 16.7 Å². The van der Waals surface area contributed by atoms with Gasteiger partial charge >= 0.3 is 0 Å². The highest BCUT2D eigenvalue weighted by molar-refractivity contribution is 6.23. The SMILES string of the molecule is CC(=O)N1C(=O)C(c2nc3ccccc3n3nnnc23)C=Nc2ccccc21. The van der Waals surface area contributed by atoms with E-state index in [-0.39, 0.29) is 0 Å². The average Bonchev–Trinajstić information content (AvgIpc) is 3.14. The van der Waals surface area contributed by atoms with Gasteiger partial charge in [-0.15, -0.1) is 5.10 Å². The predicted octanol–water partition coefficient (Wildman–Crippen LogP) is 2.05. The van der Waals surface area contributed by atoms with E-state index in [0.717, 1.165) is 10.4 Å². The summed E-state index contributed by atoms with van der Waals surface area (Å²) in [6.07, 6.45) is 1.50. The van der Waals surface area contributed by atoms with Crippen molar-refractivity contribution in [3.05, 3.63) is 54.2 Å². The second kappa shape index (κ2) is 6.02. The lowest BCUT2D eigenvalue weighted by Gasteiger charge is -2.21. The highest BCUT2D eigenvalue weighted by atomic mass is 16.2. The Morgan fingerprint density at radius 3 is 2.71 bits per heavy atom. The van der Waals surface area contributed by atoms with Gasteiger partial charge in [0.2, 0.25) is 17.5 Å². The van der Waals surface area contributed by atoms with Crippen LogP contribution in [-0.4, -0.2) is 43.1 Å². The molecule has 1 unspecified atom stereocenters. The van der Waals surface area contributed by atoms with Crippen LogP contribution in [0.15, 0.2) is 53.5 Å². The lowest BCUT2D eigenvalue weighted by Crippen LogP contribution is -2.39. The Labute approximate surface area is 158 Å². The number of amides is 2. The van der Waals surface area contributed by atoms with Gasteiger partial charge in [0.1, 0.15) is 11.6 Å². The van der Waals surface area contributed by atoms with Gasteiger partial charge in [0.05, 0.1) is 22.4 Å². The van der Waals surface area contributed by atoms with Crippen molar-refractivity contribution in [2.45, 2.75) is 12.8 Å². The van der Waals surface area contributed by atoms with Crippen LogP contribution < -0.4 is 4.90 Å². The molecule has 0 aliphatic carbocycles. The van der Waals surface area contributed by atoms with Gasteiger partial charge in [-0.05, 0) is 34.7 Å². The lowest BCUT2D eigenvalue weighted by atomic mass is 10.0. The minimum atomic E-state index is -0.908. The zero-order valence-corrected chi connectivity index (χ0v) is 14.7. The first-order valence-corrected chi connectivity index (χ1v) is 8.59. The van der Waals surface area contributed by atoms with Crippen LogP contribution >= 0.6 is 0 Å². The molecule has 1 aliphatic heterocycles. The Balaban J connectivity index is 1.76. The Kier molecular flexibility index (Phi) is 3.48. The van der Waals surface area contributed by atoms with Crippen LogP contribution in [0.4, 0.5) is 11.4 Å². The number of carbonyl (C=O) groups is 2. The summed E-state index contributed by atoms with van der Waals surface area (Å²) in [6, 6.07) is 14.4. The van der Waals surface area contributed by atoms with Crippen LogP contribution in [0.2, 0.25) is 0 Å². The largest absolute Gasteiger partial charge is 0.274 e. The standard InChI is InChI=1S/C19H13N7O2/c1-11(27)25-15-8-4-2-6-13(15)20-10-12(19(25)28)17-18-22-23-24-26(18)16-9-5-3-7-14(16)21-17/h2-10,12H,1H3. The van der Waals surface area contributed by atoms with Crippen LogP contribution in [0.5, 0.6) is 0 Å². The van der Waals surface area contributed by atoms with Gasteiger partial charge in [0, 0.05) is 13.1 Å². The molecule has 1 atom stereocenters. The molecule has 2 aromatic heterocycles. The minimum Gasteiger partial charge on any atom is -0.274 e. The topological polar surface area (TPSA) is 106 Å². The second-order valence-corrected chi connectivity index (χ2v) is 6.34. The monoisotopic (exact) mass is 371 g/mol. The number of tetrazole rings is 1. The number of imide groups is 1. The van der Waals surface area contributed by atoms with E-state index in [4.69, 9.17) is 0 Å². The number of benzene rings is 2. The maximum Gasteiger partial charge on any atom is 0.248 e. The van der Waals surface area contributed by atoms with Crippen molar-refractivity contribution in [1.82, 2.24) is 25.0 Å². The number of rotatable bonds is 1. The normalized spacial score (nSPS) is 16.4. The molecular formula is C19H13N7O2. The third-order valence-corrected chi connectivity index (χ3v) is 4.63. The second-order valence-electron chi connectivity index (χ2n) is 6.34. The van der Waals surface area contributed by atoms with Gasteiger partial charge in [-0.3, -0.25) is 14.6 Å². The Morgan fingerprint density at radius 2 is 1.86 bits per heavy atom. The quantitative estimate of drug-likeness (QED) is 0.507. The van der Waals surface area contributed by atoms with Crippen molar-refractivity contribution < 1.29 is 9.59 Å². The zero-order chi connectivity index (χ0) is 19.3. The van der Waals surface area contributed by atoms with Crippen molar-refractivity contribution in [3.8, 4) is 0 Å². The predicted molar refractivity (Wildman–Crippen MR) is 102 cm³/mol. The van der Waals surface area contributed by atoms with Gasteiger partial charge in [-0.1, -0.05) is 24.3 Å². The lowest BCUT2D eigenvalue weighted by molar-refractivity contribution is -0.125. The van der Waals surface area contributed by atoms with Crippen molar-refractivity contribution in [3.63, 3.8) is 0 Å². The van der Waals surface area contributed by atoms with E-state index in [2.05, 4.69) is 25.5 Å². The molecule has 2 amide bonds. The number of hydrogen-bond donors (Lipinski definition) is 0. The molecule has 2 aromatic carbocycles. The van der Waals surface area contributed by atoms with Gasteiger partial charge in [0.25, 0.3) is 0 Å². The number of aromatic nitrogens is 5. The molecule has 0 bridgehead atoms. The third-order valence-electron chi connectivity index (χ3n) is 4.63. The van der Waals surface area contributed by atoms with E-state index in [1.165, 1.54) is 17.7 Å². The number of aliphatic imine (C=N–C) groups is 1. The molecule has 4 aromatic rings. The van der Waals surface area contributed by atoms with Crippen LogP contribution in [0.3, 0.4) is 0 Å². The Hall–Kier alpha value is -4.01. The average molecular weight is 371 g/mol. The number of anilines is 1. The molecule has 0 spiro atoms. The molecule has 28 heavy (non-hydrogen) atoms. The van der Waals surface area contributed by atoms with Crippen molar-refractivity contribution in [2.24, 2.45) is 4.99 Å². The van der Waals surface area contributed by atoms with E-state index in [0.29, 0.717) is 28.2 Å². The fraction of sp³-hybridized carbons (Fsp3) is 0.105. The number of carbonyl (C=O) groups excluding carboxylic acids is 2. The summed E-state index contributed by atoms with van der Waals surface area (Å²) in [7, 11) is 0. The number of para-hydroxylation sites is 4. The summed E-state index contributed by atoms with van der Waals surface area (Å²) in [5, 5.41) is 11.8. The molecule has 3 heterocycles. The maximum atomic E-state index is 13.3. The minimum absolute atomic E-state index is 0.344. The Morgan fingerprint density at radius 1 is 1.07 bits per heavy atom. The van der Waals surface area contributed by atoms with Crippen LogP contribution in [0.1, 0.15) is 18.5 Å². The van der Waals surface area contributed by atoms with Gasteiger partial charge in [0.15, 0.2) is 0 Å². The molecule has 0 N–H and O–H groups in total. The molecule has 5 rings (SSSR count). The van der Waals surface area contributed by atoms with Crippen LogP contribution in [0, 0.1) is 0 Å². The first-order valence-electron chi connectivity index (χ1n) is 8.59. The molecule has 0 fully saturated rings. The van der Waals surface area contributed by atoms with Crippen molar-refractivity contribution in [2.75, 3.05) is 4.90 Å². The van der Waals surface area contributed by atoms with E-state index in [9.17, 15) is 9.59 Å². The smallest absolute Gasteiger partial charge is 0.248 e. The Bertz CT molecular complexity index is 1290. The summed E-state index contributed by atoms with van der Waals surface area (Å²) >= 11 is 0. The van der Waals surface area contributed by atoms with Crippen molar-refractivity contribution >= 4 is 46.1 Å².